The summed E-state index contributed by atoms with van der Waals surface area (Å²) in [5, 5.41) is 6.08. The van der Waals surface area contributed by atoms with Crippen molar-refractivity contribution in [1.82, 2.24) is 15.6 Å². The van der Waals surface area contributed by atoms with Crippen molar-refractivity contribution >= 4 is 15.8 Å². The number of guanidine groups is 1. The molecule has 0 aliphatic heterocycles. The van der Waals surface area contributed by atoms with Crippen molar-refractivity contribution in [3.8, 4) is 0 Å². The standard InChI is InChI=1S/C15H28N4O3S/c1-6-16-14(17-8-9-23(20,21)7-2)19-11-13-18-10-12(22-13)15(3,4)5/h10H,6-9,11H2,1-5H3,(H2,16,17,19). The zero-order chi connectivity index (χ0) is 17.5. The number of hydrogen-bond acceptors (Lipinski definition) is 5. The zero-order valence-corrected chi connectivity index (χ0v) is 15.5. The first-order valence-electron chi connectivity index (χ1n) is 7.85. The molecule has 1 heterocycles. The van der Waals surface area contributed by atoms with Gasteiger partial charge in [0.1, 0.15) is 12.3 Å². The van der Waals surface area contributed by atoms with Crippen molar-refractivity contribution in [2.45, 2.75) is 46.6 Å². The van der Waals surface area contributed by atoms with Gasteiger partial charge in [0.25, 0.3) is 0 Å². The highest BCUT2D eigenvalue weighted by Gasteiger charge is 2.19. The van der Waals surface area contributed by atoms with Gasteiger partial charge >= 0.3 is 0 Å². The predicted molar refractivity (Wildman–Crippen MR) is 92.3 cm³/mol. The molecule has 0 saturated heterocycles. The number of rotatable bonds is 7. The van der Waals surface area contributed by atoms with Gasteiger partial charge in [-0.25, -0.2) is 18.4 Å². The minimum atomic E-state index is -2.99. The van der Waals surface area contributed by atoms with Crippen LogP contribution < -0.4 is 10.6 Å². The Morgan fingerprint density at radius 1 is 1.30 bits per heavy atom. The molecule has 1 aromatic heterocycles. The second-order valence-corrected chi connectivity index (χ2v) is 8.70. The number of hydrogen-bond donors (Lipinski definition) is 2. The lowest BCUT2D eigenvalue weighted by Gasteiger charge is -2.13. The average molecular weight is 344 g/mol. The van der Waals surface area contributed by atoms with Crippen molar-refractivity contribution < 1.29 is 12.8 Å². The van der Waals surface area contributed by atoms with Gasteiger partial charge in [-0.2, -0.15) is 0 Å². The molecule has 1 rings (SSSR count). The van der Waals surface area contributed by atoms with Crippen molar-refractivity contribution in [2.75, 3.05) is 24.6 Å². The second kappa shape index (κ2) is 8.33. The van der Waals surface area contributed by atoms with Crippen LogP contribution in [0.3, 0.4) is 0 Å². The van der Waals surface area contributed by atoms with Crippen LogP contribution in [0.1, 0.15) is 46.3 Å². The highest BCUT2D eigenvalue weighted by molar-refractivity contribution is 7.91. The van der Waals surface area contributed by atoms with Crippen LogP contribution in [0.5, 0.6) is 0 Å². The summed E-state index contributed by atoms with van der Waals surface area (Å²) >= 11 is 0. The van der Waals surface area contributed by atoms with Crippen LogP contribution in [-0.4, -0.2) is 44.0 Å². The fourth-order valence-electron chi connectivity index (χ4n) is 1.69. The summed E-state index contributed by atoms with van der Waals surface area (Å²) in [6.45, 7) is 11.1. The summed E-state index contributed by atoms with van der Waals surface area (Å²) in [7, 11) is -2.99. The number of oxazole rings is 1. The van der Waals surface area contributed by atoms with Gasteiger partial charge in [-0.15, -0.1) is 0 Å². The minimum absolute atomic E-state index is 0.0844. The topological polar surface area (TPSA) is 96.6 Å². The maximum atomic E-state index is 11.5. The van der Waals surface area contributed by atoms with Crippen LogP contribution in [0.25, 0.3) is 0 Å². The lowest BCUT2D eigenvalue weighted by atomic mass is 9.94. The molecule has 0 aliphatic carbocycles. The van der Waals surface area contributed by atoms with Gasteiger partial charge in [0, 0.05) is 24.3 Å². The summed E-state index contributed by atoms with van der Waals surface area (Å²) in [5.74, 6) is 2.13. The van der Waals surface area contributed by atoms with Gasteiger partial charge in [0.05, 0.1) is 11.9 Å². The molecule has 0 atom stereocenters. The molecule has 0 unspecified atom stereocenters. The van der Waals surface area contributed by atoms with E-state index in [0.717, 1.165) is 5.76 Å². The Labute approximate surface area is 138 Å². The van der Waals surface area contributed by atoms with E-state index < -0.39 is 9.84 Å². The third kappa shape index (κ3) is 7.02. The smallest absolute Gasteiger partial charge is 0.216 e. The van der Waals surface area contributed by atoms with Gasteiger partial charge in [-0.1, -0.05) is 27.7 Å². The minimum Gasteiger partial charge on any atom is -0.443 e. The number of aromatic nitrogens is 1. The summed E-state index contributed by atoms with van der Waals surface area (Å²) in [4.78, 5) is 8.59. The zero-order valence-electron chi connectivity index (χ0n) is 14.6. The molecule has 8 heteroatoms. The molecule has 23 heavy (non-hydrogen) atoms. The Morgan fingerprint density at radius 3 is 2.52 bits per heavy atom. The molecule has 0 bridgehead atoms. The van der Waals surface area contributed by atoms with Gasteiger partial charge in [0.2, 0.25) is 5.89 Å². The molecule has 0 saturated carbocycles. The number of aliphatic imine (C=N–C) groups is 1. The predicted octanol–water partition coefficient (Wildman–Crippen LogP) is 1.46. The lowest BCUT2D eigenvalue weighted by molar-refractivity contribution is 0.383. The van der Waals surface area contributed by atoms with Crippen LogP contribution in [-0.2, 0) is 21.8 Å². The molecule has 0 amide bonds. The fourth-order valence-corrected chi connectivity index (χ4v) is 2.39. The Kier molecular flexibility index (Phi) is 7.05. The fraction of sp³-hybridized carbons (Fsp3) is 0.733. The molecule has 0 radical (unpaired) electrons. The van der Waals surface area contributed by atoms with E-state index in [0.29, 0.717) is 31.5 Å². The van der Waals surface area contributed by atoms with Crippen LogP contribution >= 0.6 is 0 Å². The molecular weight excluding hydrogens is 316 g/mol. The Morgan fingerprint density at radius 2 is 2.00 bits per heavy atom. The van der Waals surface area contributed by atoms with E-state index in [1.165, 1.54) is 0 Å². The van der Waals surface area contributed by atoms with Crippen LogP contribution in [0.4, 0.5) is 0 Å². The van der Waals surface area contributed by atoms with E-state index in [4.69, 9.17) is 4.42 Å². The van der Waals surface area contributed by atoms with Gasteiger partial charge in [0.15, 0.2) is 15.8 Å². The summed E-state index contributed by atoms with van der Waals surface area (Å²) in [6.07, 6.45) is 1.72. The molecule has 0 spiro atoms. The van der Waals surface area contributed by atoms with E-state index in [-0.39, 0.29) is 16.9 Å². The van der Waals surface area contributed by atoms with E-state index >= 15 is 0 Å². The Hall–Kier alpha value is -1.57. The third-order valence-corrected chi connectivity index (χ3v) is 4.86. The van der Waals surface area contributed by atoms with Crippen LogP contribution in [0.2, 0.25) is 0 Å². The largest absolute Gasteiger partial charge is 0.443 e. The first kappa shape index (κ1) is 19.5. The van der Waals surface area contributed by atoms with Gasteiger partial charge < -0.3 is 15.1 Å². The van der Waals surface area contributed by atoms with E-state index in [9.17, 15) is 8.42 Å². The molecule has 7 nitrogen and oxygen atoms in total. The van der Waals surface area contributed by atoms with E-state index in [1.807, 2.05) is 6.92 Å². The summed E-state index contributed by atoms with van der Waals surface area (Å²) in [6, 6.07) is 0. The van der Waals surface area contributed by atoms with Crippen molar-refractivity contribution in [3.05, 3.63) is 17.8 Å². The van der Waals surface area contributed by atoms with Crippen LogP contribution in [0, 0.1) is 0 Å². The third-order valence-electron chi connectivity index (χ3n) is 3.15. The van der Waals surface area contributed by atoms with Crippen molar-refractivity contribution in [3.63, 3.8) is 0 Å². The Balaban J connectivity index is 2.63. The highest BCUT2D eigenvalue weighted by Crippen LogP contribution is 2.22. The summed E-state index contributed by atoms with van der Waals surface area (Å²) in [5.41, 5.74) is -0.0910. The molecule has 2 N–H and O–H groups in total. The highest BCUT2D eigenvalue weighted by atomic mass is 32.2. The van der Waals surface area contributed by atoms with E-state index in [2.05, 4.69) is 41.4 Å². The Bertz CT molecular complexity index is 615. The number of nitrogens with one attached hydrogen (secondary N) is 2. The molecular formula is C15H28N4O3S. The molecule has 0 aliphatic rings. The second-order valence-electron chi connectivity index (χ2n) is 6.23. The SMILES string of the molecule is CCNC(=NCc1ncc(C(C)(C)C)o1)NCCS(=O)(=O)CC. The average Bonchev–Trinajstić information content (AvgIpc) is 2.93. The van der Waals surface area contributed by atoms with Gasteiger partial charge in [-0.05, 0) is 6.92 Å². The maximum Gasteiger partial charge on any atom is 0.216 e. The monoisotopic (exact) mass is 344 g/mol. The lowest BCUT2D eigenvalue weighted by Crippen LogP contribution is -2.39. The maximum absolute atomic E-state index is 11.5. The van der Waals surface area contributed by atoms with Crippen LogP contribution in [0.15, 0.2) is 15.6 Å². The molecule has 1 aromatic rings. The van der Waals surface area contributed by atoms with Crippen molar-refractivity contribution in [2.24, 2.45) is 4.99 Å². The van der Waals surface area contributed by atoms with E-state index in [1.54, 1.807) is 13.1 Å². The molecule has 0 fully saturated rings. The molecule has 132 valence electrons. The normalized spacial score (nSPS) is 13.2. The first-order valence-corrected chi connectivity index (χ1v) is 9.68. The number of nitrogens with zero attached hydrogens (tertiary/aromatic N) is 2. The first-order chi connectivity index (χ1) is 10.7. The van der Waals surface area contributed by atoms with Gasteiger partial charge in [-0.3, -0.25) is 0 Å². The number of sulfone groups is 1. The summed E-state index contributed by atoms with van der Waals surface area (Å²) < 4.78 is 28.7. The quantitative estimate of drug-likeness (QED) is 0.574. The molecule has 0 aromatic carbocycles. The van der Waals surface area contributed by atoms with Crippen molar-refractivity contribution in [1.29, 1.82) is 0 Å².